The minimum atomic E-state index is -0.694. The molecule has 1 unspecified atom stereocenters. The number of benzene rings is 3. The Morgan fingerprint density at radius 2 is 1.85 bits per heavy atom. The van der Waals surface area contributed by atoms with Crippen LogP contribution in [0.1, 0.15) is 43.9 Å². The Kier molecular flexibility index (Phi) is 7.14. The van der Waals surface area contributed by atoms with Crippen LogP contribution in [-0.2, 0) is 16.1 Å². The number of amides is 1. The smallest absolute Gasteiger partial charge is 0.269 e. The zero-order valence-electron chi connectivity index (χ0n) is 21.7. The van der Waals surface area contributed by atoms with E-state index in [2.05, 4.69) is 24.5 Å². The highest BCUT2D eigenvalue weighted by molar-refractivity contribution is 6.30. The predicted molar refractivity (Wildman–Crippen MR) is 152 cm³/mol. The number of hydrogen-bond acceptors (Lipinski definition) is 6. The number of non-ortho nitro benzene ring substituents is 1. The Balaban J connectivity index is 1.59. The monoisotopic (exact) mass is 544 g/mol. The van der Waals surface area contributed by atoms with Crippen LogP contribution in [0.2, 0.25) is 5.02 Å². The summed E-state index contributed by atoms with van der Waals surface area (Å²) in [6.07, 6.45) is 0.969. The Morgan fingerprint density at radius 1 is 1.10 bits per heavy atom. The first kappa shape index (κ1) is 26.4. The fraction of sp³-hybridized carbons (Fsp3) is 0.267. The fourth-order valence-corrected chi connectivity index (χ4v) is 5.52. The molecule has 2 N–H and O–H groups in total. The van der Waals surface area contributed by atoms with Gasteiger partial charge in [-0.25, -0.2) is 0 Å². The summed E-state index contributed by atoms with van der Waals surface area (Å²) in [5.41, 5.74) is 3.97. The highest BCUT2D eigenvalue weighted by Crippen LogP contribution is 2.48. The number of rotatable bonds is 6. The first-order valence-electron chi connectivity index (χ1n) is 12.8. The third-order valence-corrected chi connectivity index (χ3v) is 7.37. The van der Waals surface area contributed by atoms with Crippen molar-refractivity contribution in [3.63, 3.8) is 0 Å². The van der Waals surface area contributed by atoms with Gasteiger partial charge >= 0.3 is 0 Å². The number of carbonyl (C=O) groups is 2. The van der Waals surface area contributed by atoms with Gasteiger partial charge in [0, 0.05) is 41.4 Å². The lowest BCUT2D eigenvalue weighted by atomic mass is 9.73. The van der Waals surface area contributed by atoms with Crippen LogP contribution in [0.4, 0.5) is 17.1 Å². The molecule has 200 valence electrons. The van der Waals surface area contributed by atoms with Crippen LogP contribution in [0.25, 0.3) is 0 Å². The van der Waals surface area contributed by atoms with Crippen molar-refractivity contribution >= 4 is 40.4 Å². The molecule has 1 aliphatic carbocycles. The van der Waals surface area contributed by atoms with E-state index in [1.165, 1.54) is 12.1 Å². The van der Waals surface area contributed by atoms with E-state index in [1.54, 1.807) is 24.3 Å². The third kappa shape index (κ3) is 5.66. The summed E-state index contributed by atoms with van der Waals surface area (Å²) in [5.74, 6) is -0.285. The maximum absolute atomic E-state index is 13.8. The van der Waals surface area contributed by atoms with Crippen molar-refractivity contribution in [2.24, 2.45) is 5.41 Å². The first-order chi connectivity index (χ1) is 18.6. The van der Waals surface area contributed by atoms with E-state index < -0.39 is 11.0 Å². The zero-order chi connectivity index (χ0) is 27.7. The summed E-state index contributed by atoms with van der Waals surface area (Å²) in [7, 11) is 0. The molecule has 5 rings (SSSR count). The minimum Gasteiger partial charge on any atom is -0.357 e. The normalized spacial score (nSPS) is 18.0. The number of hydrogen-bond donors (Lipinski definition) is 2. The maximum Gasteiger partial charge on any atom is 0.269 e. The third-order valence-electron chi connectivity index (χ3n) is 7.12. The number of halogens is 1. The summed E-state index contributed by atoms with van der Waals surface area (Å²) in [5, 5.41) is 18.7. The van der Waals surface area contributed by atoms with Crippen molar-refractivity contribution in [3.05, 3.63) is 110 Å². The molecule has 1 atom stereocenters. The molecular formula is C30H29ClN4O4. The number of nitrogens with zero attached hydrogens (tertiary/aromatic N) is 2. The van der Waals surface area contributed by atoms with Crippen molar-refractivity contribution in [1.29, 1.82) is 0 Å². The quantitative estimate of drug-likeness (QED) is 0.283. The predicted octanol–water partition coefficient (Wildman–Crippen LogP) is 6.18. The van der Waals surface area contributed by atoms with Crippen LogP contribution in [0.3, 0.4) is 0 Å². The average molecular weight is 545 g/mol. The molecule has 1 heterocycles. The first-order valence-corrected chi connectivity index (χ1v) is 13.1. The Bertz CT molecular complexity index is 1480. The number of para-hydroxylation sites is 2. The number of nitro benzene ring substituents is 1. The molecule has 0 fully saturated rings. The summed E-state index contributed by atoms with van der Waals surface area (Å²) in [4.78, 5) is 40.2. The minimum absolute atomic E-state index is 0.0374. The zero-order valence-corrected chi connectivity index (χ0v) is 22.5. The molecule has 39 heavy (non-hydrogen) atoms. The van der Waals surface area contributed by atoms with Crippen molar-refractivity contribution in [1.82, 2.24) is 5.32 Å². The number of fused-ring (bicyclic) bond motifs is 1. The number of nitro groups is 1. The lowest BCUT2D eigenvalue weighted by Gasteiger charge is -2.37. The van der Waals surface area contributed by atoms with E-state index in [0.29, 0.717) is 35.5 Å². The molecule has 0 spiro atoms. The maximum atomic E-state index is 13.8. The van der Waals surface area contributed by atoms with Crippen LogP contribution in [0.15, 0.2) is 84.1 Å². The van der Waals surface area contributed by atoms with Gasteiger partial charge in [0.15, 0.2) is 5.78 Å². The second-order valence-corrected chi connectivity index (χ2v) is 11.2. The number of allylic oxidation sites excluding steroid dienone is 1. The molecule has 0 saturated carbocycles. The molecule has 0 aromatic heterocycles. The molecule has 9 heteroatoms. The van der Waals surface area contributed by atoms with Crippen molar-refractivity contribution in [3.8, 4) is 0 Å². The number of Topliss-reactive ketones (excluding diaryl/α,β-unsaturated/α-hetero) is 1. The van der Waals surface area contributed by atoms with E-state index in [1.807, 2.05) is 41.3 Å². The van der Waals surface area contributed by atoms with Crippen molar-refractivity contribution in [2.45, 2.75) is 39.3 Å². The van der Waals surface area contributed by atoms with Gasteiger partial charge in [-0.1, -0.05) is 61.8 Å². The number of carbonyl (C=O) groups excluding carboxylic acids is 2. The van der Waals surface area contributed by atoms with E-state index in [9.17, 15) is 19.7 Å². The van der Waals surface area contributed by atoms with Gasteiger partial charge in [-0.3, -0.25) is 19.7 Å². The van der Waals surface area contributed by atoms with Gasteiger partial charge < -0.3 is 15.5 Å². The summed E-state index contributed by atoms with van der Waals surface area (Å²) in [6, 6.07) is 20.4. The molecule has 8 nitrogen and oxygen atoms in total. The molecule has 3 aromatic rings. The molecule has 3 aromatic carbocycles. The van der Waals surface area contributed by atoms with Gasteiger partial charge in [-0.15, -0.1) is 0 Å². The van der Waals surface area contributed by atoms with Crippen LogP contribution in [0, 0.1) is 15.5 Å². The van der Waals surface area contributed by atoms with Crippen LogP contribution in [0.5, 0.6) is 0 Å². The second kappa shape index (κ2) is 10.5. The van der Waals surface area contributed by atoms with Crippen LogP contribution >= 0.6 is 11.6 Å². The van der Waals surface area contributed by atoms with Gasteiger partial charge in [0.1, 0.15) is 0 Å². The SMILES string of the molecule is CC1(C)CC(=O)C2=C(C1)Nc1ccccc1N(CC(=O)NCc1ccc(Cl)cc1)C2c1cccc([N+](=O)[O-])c1. The molecule has 0 bridgehead atoms. The lowest BCUT2D eigenvalue weighted by Crippen LogP contribution is -2.41. The van der Waals surface area contributed by atoms with Gasteiger partial charge in [-0.2, -0.15) is 0 Å². The number of ketones is 1. The van der Waals surface area contributed by atoms with Gasteiger partial charge in [0.25, 0.3) is 5.69 Å². The second-order valence-electron chi connectivity index (χ2n) is 10.8. The van der Waals surface area contributed by atoms with E-state index in [0.717, 1.165) is 22.6 Å². The lowest BCUT2D eigenvalue weighted by molar-refractivity contribution is -0.384. The average Bonchev–Trinajstić information content (AvgIpc) is 3.02. The Morgan fingerprint density at radius 3 is 2.59 bits per heavy atom. The van der Waals surface area contributed by atoms with Gasteiger partial charge in [0.2, 0.25) is 5.91 Å². The number of anilines is 2. The number of nitrogens with one attached hydrogen (secondary N) is 2. The standard InChI is InChI=1S/C30H29ClN4O4/c1-30(2)15-24-28(26(36)16-30)29(20-6-5-7-22(14-20)35(38)39)34(25-9-4-3-8-23(25)33-24)18-27(37)32-17-19-10-12-21(31)13-11-19/h3-14,29,33H,15-18H2,1-2H3,(H,32,37). The molecule has 2 aliphatic rings. The summed E-state index contributed by atoms with van der Waals surface area (Å²) < 4.78 is 0. The molecule has 1 aliphatic heterocycles. The van der Waals surface area contributed by atoms with Crippen LogP contribution < -0.4 is 15.5 Å². The topological polar surface area (TPSA) is 105 Å². The molecule has 1 amide bonds. The van der Waals surface area contributed by atoms with E-state index >= 15 is 0 Å². The fourth-order valence-electron chi connectivity index (χ4n) is 5.40. The molecule has 0 saturated heterocycles. The summed E-state index contributed by atoms with van der Waals surface area (Å²) >= 11 is 5.98. The largest absolute Gasteiger partial charge is 0.357 e. The van der Waals surface area contributed by atoms with Crippen LogP contribution in [-0.4, -0.2) is 23.2 Å². The molecular weight excluding hydrogens is 516 g/mol. The Labute approximate surface area is 231 Å². The van der Waals surface area contributed by atoms with E-state index in [4.69, 9.17) is 11.6 Å². The van der Waals surface area contributed by atoms with E-state index in [-0.39, 0.29) is 29.3 Å². The Hall–Kier alpha value is -4.17. The summed E-state index contributed by atoms with van der Waals surface area (Å²) in [6.45, 7) is 4.36. The highest BCUT2D eigenvalue weighted by atomic mass is 35.5. The highest BCUT2D eigenvalue weighted by Gasteiger charge is 2.42. The van der Waals surface area contributed by atoms with Gasteiger partial charge in [-0.05, 0) is 47.2 Å². The van der Waals surface area contributed by atoms with Gasteiger partial charge in [0.05, 0.1) is 28.9 Å². The molecule has 0 radical (unpaired) electrons. The van der Waals surface area contributed by atoms with Crippen molar-refractivity contribution in [2.75, 3.05) is 16.8 Å². The van der Waals surface area contributed by atoms with Crippen molar-refractivity contribution < 1.29 is 14.5 Å².